The lowest BCUT2D eigenvalue weighted by molar-refractivity contribution is 0.0691. The number of pyridine rings is 1. The molecule has 0 aliphatic rings. The van der Waals surface area contributed by atoms with Crippen molar-refractivity contribution in [2.45, 2.75) is 6.92 Å². The number of aryl methyl sites for hydroxylation is 1. The third-order valence-corrected chi connectivity index (χ3v) is 2.06. The predicted molar refractivity (Wildman–Crippen MR) is 53.4 cm³/mol. The Balaban J connectivity index is 2.67. The highest BCUT2D eigenvalue weighted by Crippen LogP contribution is 2.14. The summed E-state index contributed by atoms with van der Waals surface area (Å²) in [6, 6.07) is 9.02. The van der Waals surface area contributed by atoms with E-state index in [-0.39, 0.29) is 5.69 Å². The molecule has 0 atom stereocenters. The molecule has 3 heteroatoms. The van der Waals surface area contributed by atoms with Crippen LogP contribution in [0.4, 0.5) is 0 Å². The zero-order chi connectivity index (χ0) is 10.1. The summed E-state index contributed by atoms with van der Waals surface area (Å²) in [6.07, 6.45) is 0. The van der Waals surface area contributed by atoms with Crippen LogP contribution < -0.4 is 0 Å². The molecule has 1 aromatic heterocycles. The van der Waals surface area contributed by atoms with Crippen LogP contribution >= 0.6 is 0 Å². The highest BCUT2D eigenvalue weighted by atomic mass is 16.4. The van der Waals surface area contributed by atoms with Crippen LogP contribution in [0.5, 0.6) is 0 Å². The highest BCUT2D eigenvalue weighted by molar-refractivity contribution is 5.89. The number of carboxylic acid groups (broad SMARTS) is 1. The Kier molecular flexibility index (Phi) is 1.93. The first-order valence-corrected chi connectivity index (χ1v) is 4.27. The maximum absolute atomic E-state index is 10.6. The van der Waals surface area contributed by atoms with Crippen molar-refractivity contribution in [1.29, 1.82) is 0 Å². The first-order chi connectivity index (χ1) is 6.66. The molecule has 0 radical (unpaired) electrons. The van der Waals surface area contributed by atoms with E-state index >= 15 is 0 Å². The van der Waals surface area contributed by atoms with Gasteiger partial charge in [0.1, 0.15) is 5.69 Å². The Morgan fingerprint density at radius 1 is 1.29 bits per heavy atom. The summed E-state index contributed by atoms with van der Waals surface area (Å²) in [7, 11) is 0. The average Bonchev–Trinajstić information content (AvgIpc) is 2.16. The normalized spacial score (nSPS) is 10.4. The number of aromatic carboxylic acids is 1. The fraction of sp³-hybridized carbons (Fsp3) is 0.0909. The number of rotatable bonds is 1. The summed E-state index contributed by atoms with van der Waals surface area (Å²) < 4.78 is 0. The van der Waals surface area contributed by atoms with Crippen LogP contribution in [-0.2, 0) is 0 Å². The standard InChI is InChI=1S/C11H9NO2/c1-7-2-4-9-8(6-7)3-5-10(12-9)11(13)14/h2-6H,1H3,(H,13,14). The maximum atomic E-state index is 10.6. The number of hydrogen-bond donors (Lipinski definition) is 1. The first-order valence-electron chi connectivity index (χ1n) is 4.27. The fourth-order valence-corrected chi connectivity index (χ4v) is 1.36. The van der Waals surface area contributed by atoms with Gasteiger partial charge in [0, 0.05) is 5.39 Å². The van der Waals surface area contributed by atoms with E-state index in [1.165, 1.54) is 6.07 Å². The van der Waals surface area contributed by atoms with Gasteiger partial charge in [-0.1, -0.05) is 17.7 Å². The number of carbonyl (C=O) groups is 1. The quantitative estimate of drug-likeness (QED) is 0.744. The van der Waals surface area contributed by atoms with Crippen molar-refractivity contribution >= 4 is 16.9 Å². The summed E-state index contributed by atoms with van der Waals surface area (Å²) in [6.45, 7) is 1.99. The van der Waals surface area contributed by atoms with Crippen LogP contribution in [0.25, 0.3) is 10.9 Å². The largest absolute Gasteiger partial charge is 0.477 e. The Bertz CT molecular complexity index is 506. The van der Waals surface area contributed by atoms with Crippen molar-refractivity contribution < 1.29 is 9.90 Å². The molecule has 0 amide bonds. The smallest absolute Gasteiger partial charge is 0.354 e. The second-order valence-electron chi connectivity index (χ2n) is 3.20. The predicted octanol–water partition coefficient (Wildman–Crippen LogP) is 2.24. The Labute approximate surface area is 81.0 Å². The molecule has 1 aromatic carbocycles. The molecule has 0 spiro atoms. The van der Waals surface area contributed by atoms with Gasteiger partial charge in [-0.3, -0.25) is 0 Å². The van der Waals surface area contributed by atoms with E-state index in [1.807, 2.05) is 25.1 Å². The summed E-state index contributed by atoms with van der Waals surface area (Å²) in [5, 5.41) is 9.70. The second-order valence-corrected chi connectivity index (χ2v) is 3.20. The molecule has 70 valence electrons. The van der Waals surface area contributed by atoms with Crippen LogP contribution in [0.1, 0.15) is 16.1 Å². The van der Waals surface area contributed by atoms with E-state index in [4.69, 9.17) is 5.11 Å². The third-order valence-electron chi connectivity index (χ3n) is 2.06. The molecule has 3 nitrogen and oxygen atoms in total. The van der Waals surface area contributed by atoms with E-state index in [0.29, 0.717) is 0 Å². The lowest BCUT2D eigenvalue weighted by Crippen LogP contribution is -1.99. The molecule has 1 heterocycles. The lowest BCUT2D eigenvalue weighted by atomic mass is 10.1. The summed E-state index contributed by atoms with van der Waals surface area (Å²) >= 11 is 0. The van der Waals surface area contributed by atoms with Gasteiger partial charge in [0.15, 0.2) is 0 Å². The molecule has 1 N–H and O–H groups in total. The van der Waals surface area contributed by atoms with Crippen molar-refractivity contribution in [2.24, 2.45) is 0 Å². The van der Waals surface area contributed by atoms with Gasteiger partial charge >= 0.3 is 5.97 Å². The molecule has 2 aromatic rings. The SMILES string of the molecule is Cc1ccc2nc(C(=O)O)ccc2c1. The van der Waals surface area contributed by atoms with Gasteiger partial charge in [0.2, 0.25) is 0 Å². The summed E-state index contributed by atoms with van der Waals surface area (Å²) in [4.78, 5) is 14.7. The number of carboxylic acids is 1. The Morgan fingerprint density at radius 2 is 2.07 bits per heavy atom. The van der Waals surface area contributed by atoms with Gasteiger partial charge < -0.3 is 5.11 Å². The number of fused-ring (bicyclic) bond motifs is 1. The molecular formula is C11H9NO2. The fourth-order valence-electron chi connectivity index (χ4n) is 1.36. The number of benzene rings is 1. The minimum Gasteiger partial charge on any atom is -0.477 e. The Hall–Kier alpha value is -1.90. The zero-order valence-electron chi connectivity index (χ0n) is 7.69. The topological polar surface area (TPSA) is 50.2 Å². The second kappa shape index (κ2) is 3.10. The van der Waals surface area contributed by atoms with Gasteiger partial charge in [-0.05, 0) is 25.1 Å². The molecule has 14 heavy (non-hydrogen) atoms. The van der Waals surface area contributed by atoms with Gasteiger partial charge in [0.05, 0.1) is 5.52 Å². The van der Waals surface area contributed by atoms with Crippen molar-refractivity contribution in [3.8, 4) is 0 Å². The summed E-state index contributed by atoms with van der Waals surface area (Å²) in [5.41, 5.74) is 1.94. The third kappa shape index (κ3) is 1.44. The molecule has 0 fully saturated rings. The van der Waals surface area contributed by atoms with E-state index in [2.05, 4.69) is 4.98 Å². The van der Waals surface area contributed by atoms with E-state index < -0.39 is 5.97 Å². The van der Waals surface area contributed by atoms with Crippen molar-refractivity contribution in [3.63, 3.8) is 0 Å². The number of nitrogens with zero attached hydrogens (tertiary/aromatic N) is 1. The number of hydrogen-bond acceptors (Lipinski definition) is 2. The minimum atomic E-state index is -0.993. The Morgan fingerprint density at radius 3 is 2.79 bits per heavy atom. The van der Waals surface area contributed by atoms with Crippen molar-refractivity contribution in [2.75, 3.05) is 0 Å². The highest BCUT2D eigenvalue weighted by Gasteiger charge is 2.04. The summed E-state index contributed by atoms with van der Waals surface area (Å²) in [5.74, 6) is -0.993. The maximum Gasteiger partial charge on any atom is 0.354 e. The first kappa shape index (κ1) is 8.69. The lowest BCUT2D eigenvalue weighted by Gasteiger charge is -1.99. The van der Waals surface area contributed by atoms with E-state index in [1.54, 1.807) is 6.07 Å². The minimum absolute atomic E-state index is 0.0846. The molecule has 0 aliphatic carbocycles. The van der Waals surface area contributed by atoms with E-state index in [0.717, 1.165) is 16.5 Å². The molecule has 0 aliphatic heterocycles. The van der Waals surface area contributed by atoms with Crippen LogP contribution in [0.3, 0.4) is 0 Å². The van der Waals surface area contributed by atoms with Crippen LogP contribution in [0.2, 0.25) is 0 Å². The molecular weight excluding hydrogens is 178 g/mol. The van der Waals surface area contributed by atoms with Gasteiger partial charge in [0.25, 0.3) is 0 Å². The molecule has 0 unspecified atom stereocenters. The molecule has 2 rings (SSSR count). The van der Waals surface area contributed by atoms with Gasteiger partial charge in [-0.25, -0.2) is 9.78 Å². The van der Waals surface area contributed by atoms with Crippen LogP contribution in [0, 0.1) is 6.92 Å². The zero-order valence-corrected chi connectivity index (χ0v) is 7.69. The molecule has 0 saturated carbocycles. The van der Waals surface area contributed by atoms with Crippen LogP contribution in [-0.4, -0.2) is 16.1 Å². The average molecular weight is 187 g/mol. The van der Waals surface area contributed by atoms with E-state index in [9.17, 15) is 4.79 Å². The molecule has 0 bridgehead atoms. The van der Waals surface area contributed by atoms with Gasteiger partial charge in [-0.2, -0.15) is 0 Å². The van der Waals surface area contributed by atoms with Crippen LogP contribution in [0.15, 0.2) is 30.3 Å². The number of aromatic nitrogens is 1. The van der Waals surface area contributed by atoms with Crippen molar-refractivity contribution in [3.05, 3.63) is 41.6 Å². The van der Waals surface area contributed by atoms with Gasteiger partial charge in [-0.15, -0.1) is 0 Å². The molecule has 0 saturated heterocycles. The monoisotopic (exact) mass is 187 g/mol. The van der Waals surface area contributed by atoms with Crippen molar-refractivity contribution in [1.82, 2.24) is 4.98 Å².